The SMILES string of the molecule is Cc1nn(C)c2ncc(C(=O)NCCCN3CCNCC3)cc12.Cl.Cl. The molecule has 0 spiro atoms. The fourth-order valence-electron chi connectivity index (χ4n) is 2.97. The van der Waals surface area contributed by atoms with E-state index in [-0.39, 0.29) is 30.7 Å². The summed E-state index contributed by atoms with van der Waals surface area (Å²) < 4.78 is 1.74. The van der Waals surface area contributed by atoms with Crippen molar-refractivity contribution in [1.82, 2.24) is 30.3 Å². The van der Waals surface area contributed by atoms with E-state index in [0.29, 0.717) is 12.1 Å². The first kappa shape index (κ1) is 21.6. The van der Waals surface area contributed by atoms with Gasteiger partial charge in [0.05, 0.1) is 11.3 Å². The van der Waals surface area contributed by atoms with Crippen molar-refractivity contribution in [3.8, 4) is 0 Å². The van der Waals surface area contributed by atoms with E-state index in [4.69, 9.17) is 0 Å². The Kier molecular flexibility index (Phi) is 8.58. The Hall–Kier alpha value is -1.41. The van der Waals surface area contributed by atoms with Crippen molar-refractivity contribution in [2.24, 2.45) is 7.05 Å². The summed E-state index contributed by atoms with van der Waals surface area (Å²) in [7, 11) is 1.86. The van der Waals surface area contributed by atoms with Gasteiger partial charge < -0.3 is 15.5 Å². The van der Waals surface area contributed by atoms with Gasteiger partial charge in [-0.3, -0.25) is 9.48 Å². The van der Waals surface area contributed by atoms with E-state index < -0.39 is 0 Å². The van der Waals surface area contributed by atoms with Crippen LogP contribution in [0.2, 0.25) is 0 Å². The van der Waals surface area contributed by atoms with Crippen LogP contribution in [0.5, 0.6) is 0 Å². The molecule has 3 heterocycles. The number of fused-ring (bicyclic) bond motifs is 1. The van der Waals surface area contributed by atoms with Crippen LogP contribution in [0.3, 0.4) is 0 Å². The van der Waals surface area contributed by atoms with Gasteiger partial charge in [0.2, 0.25) is 0 Å². The van der Waals surface area contributed by atoms with Crippen molar-refractivity contribution in [3.05, 3.63) is 23.5 Å². The fraction of sp³-hybridized carbons (Fsp3) is 0.562. The molecule has 7 nitrogen and oxygen atoms in total. The largest absolute Gasteiger partial charge is 0.352 e. The quantitative estimate of drug-likeness (QED) is 0.751. The molecule has 0 aliphatic carbocycles. The van der Waals surface area contributed by atoms with Gasteiger partial charge in [-0.25, -0.2) is 4.98 Å². The number of aromatic nitrogens is 3. The van der Waals surface area contributed by atoms with Gasteiger partial charge in [0.1, 0.15) is 0 Å². The monoisotopic (exact) mass is 388 g/mol. The Labute approximate surface area is 160 Å². The van der Waals surface area contributed by atoms with Gasteiger partial charge in [0.15, 0.2) is 5.65 Å². The molecular weight excluding hydrogens is 363 g/mol. The molecule has 2 N–H and O–H groups in total. The van der Waals surface area contributed by atoms with Gasteiger partial charge in [0, 0.05) is 51.4 Å². The van der Waals surface area contributed by atoms with Crippen LogP contribution < -0.4 is 10.6 Å². The van der Waals surface area contributed by atoms with Crippen LogP contribution in [0.15, 0.2) is 12.3 Å². The third kappa shape index (κ3) is 5.28. The second-order valence-corrected chi connectivity index (χ2v) is 6.01. The second-order valence-electron chi connectivity index (χ2n) is 6.01. The van der Waals surface area contributed by atoms with Crippen LogP contribution in [-0.2, 0) is 7.05 Å². The zero-order valence-electron chi connectivity index (χ0n) is 14.6. The molecule has 1 fully saturated rings. The number of piperazine rings is 1. The predicted octanol–water partition coefficient (Wildman–Crippen LogP) is 1.15. The molecule has 9 heteroatoms. The molecule has 0 bridgehead atoms. The molecule has 140 valence electrons. The highest BCUT2D eigenvalue weighted by Crippen LogP contribution is 2.16. The van der Waals surface area contributed by atoms with Crippen molar-refractivity contribution in [2.75, 3.05) is 39.3 Å². The number of hydrogen-bond acceptors (Lipinski definition) is 5. The highest BCUT2D eigenvalue weighted by molar-refractivity contribution is 5.97. The second kappa shape index (κ2) is 9.91. The number of amides is 1. The van der Waals surface area contributed by atoms with Crippen LogP contribution >= 0.6 is 24.8 Å². The summed E-state index contributed by atoms with van der Waals surface area (Å²) in [6, 6.07) is 1.87. The van der Waals surface area contributed by atoms with E-state index in [2.05, 4.69) is 25.6 Å². The zero-order chi connectivity index (χ0) is 16.2. The maximum atomic E-state index is 12.3. The first-order chi connectivity index (χ1) is 11.1. The van der Waals surface area contributed by atoms with E-state index >= 15 is 0 Å². The first-order valence-corrected chi connectivity index (χ1v) is 8.16. The lowest BCUT2D eigenvalue weighted by molar-refractivity contribution is 0.0951. The molecule has 1 saturated heterocycles. The Balaban J connectivity index is 0.00000156. The van der Waals surface area contributed by atoms with Crippen molar-refractivity contribution in [3.63, 3.8) is 0 Å². The van der Waals surface area contributed by atoms with Crippen molar-refractivity contribution in [1.29, 1.82) is 0 Å². The minimum atomic E-state index is -0.0667. The molecule has 0 radical (unpaired) electrons. The first-order valence-electron chi connectivity index (χ1n) is 8.16. The Morgan fingerprint density at radius 3 is 2.76 bits per heavy atom. The topological polar surface area (TPSA) is 75.1 Å². The number of aryl methyl sites for hydroxylation is 2. The summed E-state index contributed by atoms with van der Waals surface area (Å²) in [4.78, 5) is 19.0. The maximum Gasteiger partial charge on any atom is 0.252 e. The smallest absolute Gasteiger partial charge is 0.252 e. The minimum absolute atomic E-state index is 0. The predicted molar refractivity (Wildman–Crippen MR) is 104 cm³/mol. The molecule has 0 atom stereocenters. The fourth-order valence-corrected chi connectivity index (χ4v) is 2.97. The summed E-state index contributed by atoms with van der Waals surface area (Å²) in [6.07, 6.45) is 2.59. The molecule has 1 amide bonds. The molecule has 0 aromatic carbocycles. The molecule has 2 aromatic heterocycles. The Morgan fingerprint density at radius 2 is 2.04 bits per heavy atom. The third-order valence-corrected chi connectivity index (χ3v) is 4.27. The average Bonchev–Trinajstić information content (AvgIpc) is 2.86. The maximum absolute atomic E-state index is 12.3. The van der Waals surface area contributed by atoms with Gasteiger partial charge in [-0.05, 0) is 26.0 Å². The number of pyridine rings is 1. The van der Waals surface area contributed by atoms with Crippen LogP contribution in [0.25, 0.3) is 11.0 Å². The molecule has 25 heavy (non-hydrogen) atoms. The van der Waals surface area contributed by atoms with Crippen molar-refractivity contribution >= 4 is 41.8 Å². The Morgan fingerprint density at radius 1 is 1.32 bits per heavy atom. The van der Waals surface area contributed by atoms with Crippen LogP contribution in [0, 0.1) is 6.92 Å². The van der Waals surface area contributed by atoms with E-state index in [1.54, 1.807) is 10.9 Å². The third-order valence-electron chi connectivity index (χ3n) is 4.27. The number of rotatable bonds is 5. The number of carbonyl (C=O) groups is 1. The number of carbonyl (C=O) groups excluding carboxylic acids is 1. The normalized spacial score (nSPS) is 14.6. The van der Waals surface area contributed by atoms with Crippen LogP contribution in [0.4, 0.5) is 0 Å². The lowest BCUT2D eigenvalue weighted by atomic mass is 10.2. The van der Waals surface area contributed by atoms with E-state index in [9.17, 15) is 4.79 Å². The van der Waals surface area contributed by atoms with Crippen LogP contribution in [0.1, 0.15) is 22.5 Å². The van der Waals surface area contributed by atoms with Crippen molar-refractivity contribution < 1.29 is 4.79 Å². The van der Waals surface area contributed by atoms with Gasteiger partial charge in [-0.15, -0.1) is 24.8 Å². The number of nitrogens with zero attached hydrogens (tertiary/aromatic N) is 4. The van der Waals surface area contributed by atoms with Gasteiger partial charge in [0.25, 0.3) is 5.91 Å². The van der Waals surface area contributed by atoms with Gasteiger partial charge in [-0.1, -0.05) is 0 Å². The summed E-state index contributed by atoms with van der Waals surface area (Å²) in [5.41, 5.74) is 2.29. The summed E-state index contributed by atoms with van der Waals surface area (Å²) in [6.45, 7) is 7.95. The number of hydrogen-bond donors (Lipinski definition) is 2. The molecule has 1 aliphatic rings. The lowest BCUT2D eigenvalue weighted by Gasteiger charge is -2.27. The zero-order valence-corrected chi connectivity index (χ0v) is 16.3. The molecule has 3 rings (SSSR count). The number of nitrogens with one attached hydrogen (secondary N) is 2. The highest BCUT2D eigenvalue weighted by atomic mass is 35.5. The van der Waals surface area contributed by atoms with Crippen molar-refractivity contribution in [2.45, 2.75) is 13.3 Å². The van der Waals surface area contributed by atoms with Gasteiger partial charge in [-0.2, -0.15) is 5.10 Å². The molecule has 2 aromatic rings. The summed E-state index contributed by atoms with van der Waals surface area (Å²) in [5.74, 6) is -0.0667. The lowest BCUT2D eigenvalue weighted by Crippen LogP contribution is -2.44. The average molecular weight is 389 g/mol. The molecule has 1 aliphatic heterocycles. The van der Waals surface area contributed by atoms with E-state index in [1.807, 2.05) is 20.0 Å². The summed E-state index contributed by atoms with van der Waals surface area (Å²) in [5, 5.41) is 11.6. The van der Waals surface area contributed by atoms with Crippen LogP contribution in [-0.4, -0.2) is 64.8 Å². The van der Waals surface area contributed by atoms with Gasteiger partial charge >= 0.3 is 0 Å². The standard InChI is InChI=1S/C16H24N6O.2ClH/c1-12-14-10-13(11-19-15(14)21(2)20-12)16(23)18-4-3-7-22-8-5-17-6-9-22;;/h10-11,17H,3-9H2,1-2H3,(H,18,23);2*1H. The Bertz CT molecular complexity index is 699. The molecule has 0 unspecified atom stereocenters. The van der Waals surface area contributed by atoms with E-state index in [1.165, 1.54) is 0 Å². The molecule has 0 saturated carbocycles. The van der Waals surface area contributed by atoms with E-state index in [0.717, 1.165) is 55.9 Å². The number of halogens is 2. The minimum Gasteiger partial charge on any atom is -0.352 e. The summed E-state index contributed by atoms with van der Waals surface area (Å²) >= 11 is 0. The molecular formula is C16H26Cl2N6O. The highest BCUT2D eigenvalue weighted by Gasteiger charge is 2.12.